The Balaban J connectivity index is 2.50. The Morgan fingerprint density at radius 1 is 0.976 bits per heavy atom. The number of guanidine groups is 1. The fraction of sp³-hybridized carbons (Fsp3) is 0.519. The normalized spacial score (nSPS) is 22.7. The van der Waals surface area contributed by atoms with Crippen molar-refractivity contribution in [3.8, 4) is 0 Å². The molecule has 4 atom stereocenters. The summed E-state index contributed by atoms with van der Waals surface area (Å²) in [5, 5.41) is 19.3. The molecular weight excluding hydrogens is 548 g/mol. The summed E-state index contributed by atoms with van der Waals surface area (Å²) in [6.45, 7) is 3.04. The van der Waals surface area contributed by atoms with Crippen LogP contribution in [0.4, 0.5) is 0 Å². The van der Waals surface area contributed by atoms with Crippen LogP contribution < -0.4 is 32.7 Å². The van der Waals surface area contributed by atoms with Crippen molar-refractivity contribution < 1.29 is 33.9 Å². The second kappa shape index (κ2) is 15.9. The van der Waals surface area contributed by atoms with Crippen LogP contribution in [0.15, 0.2) is 35.3 Å². The van der Waals surface area contributed by atoms with Gasteiger partial charge in [0.25, 0.3) is 0 Å². The van der Waals surface area contributed by atoms with Crippen LogP contribution in [0.1, 0.15) is 38.7 Å². The number of nitrogens with zero attached hydrogens (tertiary/aromatic N) is 2. The molecule has 0 unspecified atom stereocenters. The van der Waals surface area contributed by atoms with Gasteiger partial charge in [-0.1, -0.05) is 44.2 Å². The van der Waals surface area contributed by atoms with Crippen LogP contribution in [-0.4, -0.2) is 95.8 Å². The summed E-state index contributed by atoms with van der Waals surface area (Å²) in [6.07, 6.45) is -0.322. The van der Waals surface area contributed by atoms with Crippen molar-refractivity contribution in [3.05, 3.63) is 35.9 Å². The van der Waals surface area contributed by atoms with Gasteiger partial charge in [0.2, 0.25) is 29.5 Å². The molecule has 1 saturated heterocycles. The van der Waals surface area contributed by atoms with Gasteiger partial charge in [0, 0.05) is 20.0 Å². The molecule has 230 valence electrons. The zero-order valence-electron chi connectivity index (χ0n) is 24.0. The molecule has 0 bridgehead atoms. The summed E-state index contributed by atoms with van der Waals surface area (Å²) < 4.78 is 0. The maximum atomic E-state index is 13.8. The topological polar surface area (TPSA) is 238 Å². The lowest BCUT2D eigenvalue weighted by atomic mass is 9.98. The molecule has 1 aliphatic heterocycles. The van der Waals surface area contributed by atoms with Gasteiger partial charge >= 0.3 is 5.97 Å². The lowest BCUT2D eigenvalue weighted by Gasteiger charge is -2.34. The number of amides is 5. The summed E-state index contributed by atoms with van der Waals surface area (Å²) in [4.78, 5) is 82.8. The van der Waals surface area contributed by atoms with E-state index in [0.717, 1.165) is 0 Å². The predicted molar refractivity (Wildman–Crippen MR) is 153 cm³/mol. The Kier molecular flexibility index (Phi) is 12.7. The summed E-state index contributed by atoms with van der Waals surface area (Å²) in [5.41, 5.74) is 11.4. The molecule has 15 heteroatoms. The Morgan fingerprint density at radius 2 is 1.62 bits per heavy atom. The largest absolute Gasteiger partial charge is 0.481 e. The molecule has 0 radical (unpaired) electrons. The standard InChI is InChI=1S/C27H40N8O7/c1-15(2)22-25(41)33-17(10-7-11-30-27(28)29)23(39)31-14-20(36)32-18(13-21(37)38)24(40)34-19(26(42)35(22)3)12-16-8-5-4-6-9-16/h4-6,8-9,15,17-19,22H,7,10-14H2,1-3H3,(H,31,39)(H,32,36)(H,33,41)(H,34,40)(H,37,38)(H4,28,29,30)/t17-,18+,19-,22-/m1/s1. The van der Waals surface area contributed by atoms with E-state index >= 15 is 0 Å². The average molecular weight is 589 g/mol. The first kappa shape index (κ1) is 33.5. The number of carbonyl (C=O) groups is 6. The van der Waals surface area contributed by atoms with Crippen molar-refractivity contribution in [2.24, 2.45) is 22.4 Å². The third-order valence-corrected chi connectivity index (χ3v) is 6.59. The molecule has 1 heterocycles. The van der Waals surface area contributed by atoms with E-state index in [0.29, 0.717) is 12.0 Å². The number of nitrogens with two attached hydrogens (primary N) is 2. The number of hydrogen-bond acceptors (Lipinski definition) is 7. The smallest absolute Gasteiger partial charge is 0.305 e. The number of carboxylic acids is 1. The van der Waals surface area contributed by atoms with Crippen LogP contribution in [0.25, 0.3) is 0 Å². The van der Waals surface area contributed by atoms with Gasteiger partial charge in [-0.3, -0.25) is 33.8 Å². The summed E-state index contributed by atoms with van der Waals surface area (Å²) in [5.74, 6) is -5.58. The van der Waals surface area contributed by atoms with E-state index in [-0.39, 0.29) is 25.3 Å². The first-order valence-electron chi connectivity index (χ1n) is 13.6. The highest BCUT2D eigenvalue weighted by molar-refractivity contribution is 5.98. The molecule has 0 aliphatic carbocycles. The minimum absolute atomic E-state index is 0.0311. The highest BCUT2D eigenvalue weighted by Crippen LogP contribution is 2.15. The third-order valence-electron chi connectivity index (χ3n) is 6.59. The van der Waals surface area contributed by atoms with Gasteiger partial charge in [0.1, 0.15) is 24.2 Å². The van der Waals surface area contributed by atoms with Crippen molar-refractivity contribution in [2.45, 2.75) is 63.7 Å². The molecule has 2 rings (SSSR count). The predicted octanol–water partition coefficient (Wildman–Crippen LogP) is -2.18. The second-order valence-corrected chi connectivity index (χ2v) is 10.3. The van der Waals surface area contributed by atoms with Crippen LogP contribution in [-0.2, 0) is 35.2 Å². The fourth-order valence-corrected chi connectivity index (χ4v) is 4.58. The van der Waals surface area contributed by atoms with Gasteiger partial charge in [0.05, 0.1) is 13.0 Å². The molecule has 15 nitrogen and oxygen atoms in total. The first-order chi connectivity index (χ1) is 19.8. The minimum Gasteiger partial charge on any atom is -0.481 e. The zero-order chi connectivity index (χ0) is 31.4. The molecule has 0 aromatic heterocycles. The quantitative estimate of drug-likeness (QED) is 0.0942. The van der Waals surface area contributed by atoms with Gasteiger partial charge < -0.3 is 42.7 Å². The van der Waals surface area contributed by atoms with Crippen LogP contribution in [0.2, 0.25) is 0 Å². The molecule has 1 aliphatic rings. The Morgan fingerprint density at radius 3 is 2.21 bits per heavy atom. The van der Waals surface area contributed by atoms with E-state index in [2.05, 4.69) is 26.3 Å². The van der Waals surface area contributed by atoms with E-state index in [1.54, 1.807) is 44.2 Å². The van der Waals surface area contributed by atoms with Crippen LogP contribution in [0, 0.1) is 5.92 Å². The van der Waals surface area contributed by atoms with Gasteiger partial charge in [-0.2, -0.15) is 0 Å². The number of carboxylic acid groups (broad SMARTS) is 1. The third kappa shape index (κ3) is 10.4. The highest BCUT2D eigenvalue weighted by Gasteiger charge is 2.37. The molecule has 5 amide bonds. The number of carbonyl (C=O) groups excluding carboxylic acids is 5. The molecule has 0 spiro atoms. The maximum absolute atomic E-state index is 13.8. The summed E-state index contributed by atoms with van der Waals surface area (Å²) in [7, 11) is 1.42. The van der Waals surface area contributed by atoms with Gasteiger partial charge in [-0.25, -0.2) is 0 Å². The summed E-state index contributed by atoms with van der Waals surface area (Å²) in [6, 6.07) is 3.92. The monoisotopic (exact) mass is 588 g/mol. The molecule has 1 fully saturated rings. The van der Waals surface area contributed by atoms with E-state index in [4.69, 9.17) is 11.5 Å². The van der Waals surface area contributed by atoms with Crippen molar-refractivity contribution in [1.82, 2.24) is 26.2 Å². The van der Waals surface area contributed by atoms with Gasteiger partial charge in [0.15, 0.2) is 5.96 Å². The second-order valence-electron chi connectivity index (χ2n) is 10.3. The Hall–Kier alpha value is -4.69. The van der Waals surface area contributed by atoms with E-state index < -0.39 is 78.6 Å². The lowest BCUT2D eigenvalue weighted by Crippen LogP contribution is -2.59. The Labute approximate surface area is 243 Å². The average Bonchev–Trinajstić information content (AvgIpc) is 2.91. The number of aliphatic carboxylic acids is 1. The minimum atomic E-state index is -1.54. The number of hydrogen-bond donors (Lipinski definition) is 7. The SMILES string of the molecule is CC(C)[C@@H]1C(=O)N[C@H](CCCN=C(N)N)C(=O)NCC(=O)N[C@@H](CC(=O)O)C(=O)N[C@H](Cc2ccccc2)C(=O)N1C. The molecule has 9 N–H and O–H groups in total. The van der Waals surface area contributed by atoms with Crippen LogP contribution in [0.3, 0.4) is 0 Å². The van der Waals surface area contributed by atoms with Crippen molar-refractivity contribution >= 4 is 41.5 Å². The molecule has 42 heavy (non-hydrogen) atoms. The van der Waals surface area contributed by atoms with Crippen LogP contribution in [0.5, 0.6) is 0 Å². The molecule has 1 aromatic rings. The number of likely N-dealkylation sites (N-methyl/N-ethyl adjacent to an activating group) is 1. The van der Waals surface area contributed by atoms with Crippen molar-refractivity contribution in [1.29, 1.82) is 0 Å². The van der Waals surface area contributed by atoms with Crippen LogP contribution >= 0.6 is 0 Å². The number of aliphatic imine (C=N–C) groups is 1. The number of benzene rings is 1. The molecular formula is C27H40N8O7. The van der Waals surface area contributed by atoms with Crippen molar-refractivity contribution in [2.75, 3.05) is 20.1 Å². The highest BCUT2D eigenvalue weighted by atomic mass is 16.4. The summed E-state index contributed by atoms with van der Waals surface area (Å²) >= 11 is 0. The van der Waals surface area contributed by atoms with E-state index in [9.17, 15) is 33.9 Å². The van der Waals surface area contributed by atoms with E-state index in [1.165, 1.54) is 11.9 Å². The molecule has 0 saturated carbocycles. The Bertz CT molecular complexity index is 1170. The van der Waals surface area contributed by atoms with Gasteiger partial charge in [-0.15, -0.1) is 0 Å². The maximum Gasteiger partial charge on any atom is 0.305 e. The number of rotatable bonds is 9. The first-order valence-corrected chi connectivity index (χ1v) is 13.6. The lowest BCUT2D eigenvalue weighted by molar-refractivity contribution is -0.144. The van der Waals surface area contributed by atoms with Crippen molar-refractivity contribution in [3.63, 3.8) is 0 Å². The number of nitrogens with one attached hydrogen (secondary N) is 4. The van der Waals surface area contributed by atoms with Gasteiger partial charge in [-0.05, 0) is 24.3 Å². The zero-order valence-corrected chi connectivity index (χ0v) is 24.0. The molecule has 1 aromatic carbocycles. The fourth-order valence-electron chi connectivity index (χ4n) is 4.58. The van der Waals surface area contributed by atoms with E-state index in [1.807, 2.05) is 0 Å².